The summed E-state index contributed by atoms with van der Waals surface area (Å²) in [5, 5.41) is 54.5. The Bertz CT molecular complexity index is 1490. The third-order valence-electron chi connectivity index (χ3n) is 13.1. The largest absolute Gasteiger partial charge is 0.394 e. The van der Waals surface area contributed by atoms with E-state index in [-0.39, 0.29) is 12.5 Å². The zero-order chi connectivity index (χ0) is 52.2. The molecule has 1 heterocycles. The molecular weight excluding hydrogens is 899 g/mol. The van der Waals surface area contributed by atoms with Gasteiger partial charge in [0, 0.05) is 6.42 Å². The first kappa shape index (κ1) is 66.9. The Morgan fingerprint density at radius 1 is 0.486 bits per heavy atom. The van der Waals surface area contributed by atoms with Crippen LogP contribution < -0.4 is 5.32 Å². The number of nitrogens with one attached hydrogen (secondary N) is 1. The van der Waals surface area contributed by atoms with Crippen LogP contribution in [0.25, 0.3) is 0 Å². The number of carbonyl (C=O) groups is 1. The molecule has 0 saturated carbocycles. The molecule has 9 heteroatoms. The number of hydrogen-bond donors (Lipinski definition) is 6. The molecule has 1 saturated heterocycles. The quantitative estimate of drug-likeness (QED) is 0.0261. The molecule has 9 nitrogen and oxygen atoms in total. The van der Waals surface area contributed by atoms with Crippen LogP contribution in [0.3, 0.4) is 0 Å². The molecule has 72 heavy (non-hydrogen) atoms. The Kier molecular flexibility index (Phi) is 47.7. The number of aliphatic hydroxyl groups excluding tert-OH is 5. The zero-order valence-corrected chi connectivity index (χ0v) is 45.6. The van der Waals surface area contributed by atoms with Crippen molar-refractivity contribution in [1.82, 2.24) is 5.32 Å². The maximum Gasteiger partial charge on any atom is 0.220 e. The van der Waals surface area contributed by atoms with Crippen LogP contribution >= 0.6 is 0 Å². The molecule has 1 aliphatic rings. The first-order valence-electron chi connectivity index (χ1n) is 29.1. The molecule has 6 N–H and O–H groups in total. The minimum absolute atomic E-state index is 0.197. The second kappa shape index (κ2) is 51.3. The maximum absolute atomic E-state index is 13.1. The van der Waals surface area contributed by atoms with E-state index in [0.29, 0.717) is 6.42 Å². The van der Waals surface area contributed by atoms with E-state index >= 15 is 0 Å². The first-order valence-corrected chi connectivity index (χ1v) is 29.1. The molecule has 7 atom stereocenters. The summed E-state index contributed by atoms with van der Waals surface area (Å²) in [5.74, 6) is -0.197. The number of unbranched alkanes of at least 4 members (excludes halogenated alkanes) is 22. The van der Waals surface area contributed by atoms with Gasteiger partial charge < -0.3 is 40.3 Å². The van der Waals surface area contributed by atoms with Crippen molar-refractivity contribution in [2.24, 2.45) is 0 Å². The Hall–Kier alpha value is -3.15. The Morgan fingerprint density at radius 3 is 1.33 bits per heavy atom. The highest BCUT2D eigenvalue weighted by molar-refractivity contribution is 5.76. The van der Waals surface area contributed by atoms with Crippen LogP contribution in [0, 0.1) is 0 Å². The van der Waals surface area contributed by atoms with Crippen LogP contribution in [0.5, 0.6) is 0 Å². The van der Waals surface area contributed by atoms with Gasteiger partial charge in [0.1, 0.15) is 24.4 Å². The molecule has 0 radical (unpaired) electrons. The van der Waals surface area contributed by atoms with Gasteiger partial charge in [0.25, 0.3) is 0 Å². The minimum atomic E-state index is -1.58. The standard InChI is InChI=1S/C63H107NO8/c1-3-5-7-9-11-13-15-17-19-21-23-24-25-26-27-28-29-30-31-32-33-34-35-37-39-41-43-45-47-49-51-53-59(67)64-56(55-71-63-62(70)61(69)60(68)58(54-65)72-63)57(66)52-50-48-46-44-42-40-38-36-22-20-18-16-14-12-10-8-6-4-2/h5,7,11,13,17,19,23-24,26-27,29-30,32-33,42,44,50,52,56-58,60-63,65-66,68-70H,3-4,6,8-10,12,14-16,18,20-22,25,28,31,34-41,43,45-49,51,53-55H2,1-2H3,(H,64,67)/b7-5-,13-11-,19-17-,24-23-,27-26-,30-29-,33-32-,44-42+,52-50+. The monoisotopic (exact) mass is 1010 g/mol. The summed E-state index contributed by atoms with van der Waals surface area (Å²) < 4.78 is 11.3. The number of carbonyl (C=O) groups excluding carboxylic acids is 1. The number of rotatable bonds is 48. The second-order valence-corrected chi connectivity index (χ2v) is 19.7. The predicted octanol–water partition coefficient (Wildman–Crippen LogP) is 14.6. The summed E-state index contributed by atoms with van der Waals surface area (Å²) in [6.45, 7) is 3.64. The lowest BCUT2D eigenvalue weighted by Gasteiger charge is -2.40. The molecule has 0 aromatic heterocycles. The molecule has 1 fully saturated rings. The SMILES string of the molecule is CC/C=C\C/C=C\C/C=C\C/C=C\C/C=C\C/C=C\C/C=C\CCCCCCCCCCCC(=O)NC(COC1OC(CO)C(O)C(O)C1O)C(O)/C=C/CC/C=C/CCCCCCCCCCCCCC. The Morgan fingerprint density at radius 2 is 0.875 bits per heavy atom. The van der Waals surface area contributed by atoms with Gasteiger partial charge in [-0.3, -0.25) is 4.79 Å². The highest BCUT2D eigenvalue weighted by Gasteiger charge is 2.44. The average Bonchev–Trinajstić information content (AvgIpc) is 3.38. The smallest absolute Gasteiger partial charge is 0.220 e. The van der Waals surface area contributed by atoms with Gasteiger partial charge in [-0.2, -0.15) is 0 Å². The molecule has 0 aromatic carbocycles. The van der Waals surface area contributed by atoms with Crippen LogP contribution in [0.1, 0.15) is 226 Å². The van der Waals surface area contributed by atoms with Gasteiger partial charge >= 0.3 is 0 Å². The second-order valence-electron chi connectivity index (χ2n) is 19.7. The normalized spacial score (nSPS) is 20.0. The third-order valence-corrected chi connectivity index (χ3v) is 13.1. The van der Waals surface area contributed by atoms with Gasteiger partial charge in [0.2, 0.25) is 5.91 Å². The zero-order valence-electron chi connectivity index (χ0n) is 45.6. The summed E-state index contributed by atoms with van der Waals surface area (Å²) in [5.41, 5.74) is 0. The number of ether oxygens (including phenoxy) is 2. The molecule has 0 bridgehead atoms. The van der Waals surface area contributed by atoms with E-state index in [0.717, 1.165) is 96.3 Å². The molecule has 0 aliphatic carbocycles. The van der Waals surface area contributed by atoms with Crippen LogP contribution in [0.4, 0.5) is 0 Å². The predicted molar refractivity (Wildman–Crippen MR) is 304 cm³/mol. The van der Waals surface area contributed by atoms with Crippen molar-refractivity contribution in [2.75, 3.05) is 13.2 Å². The van der Waals surface area contributed by atoms with Crippen LogP contribution in [-0.2, 0) is 14.3 Å². The fourth-order valence-electron chi connectivity index (χ4n) is 8.51. The average molecular weight is 1010 g/mol. The Labute approximate surface area is 440 Å². The molecule has 0 aromatic rings. The Balaban J connectivity index is 2.24. The van der Waals surface area contributed by atoms with Crippen LogP contribution in [0.2, 0.25) is 0 Å². The van der Waals surface area contributed by atoms with E-state index in [4.69, 9.17) is 9.47 Å². The van der Waals surface area contributed by atoms with E-state index < -0.39 is 49.5 Å². The van der Waals surface area contributed by atoms with E-state index in [1.807, 2.05) is 6.08 Å². The van der Waals surface area contributed by atoms with Crippen molar-refractivity contribution in [3.8, 4) is 0 Å². The fourth-order valence-corrected chi connectivity index (χ4v) is 8.51. The van der Waals surface area contributed by atoms with Gasteiger partial charge in [0.15, 0.2) is 6.29 Å². The topological polar surface area (TPSA) is 149 Å². The molecular formula is C63H107NO8. The highest BCUT2D eigenvalue weighted by atomic mass is 16.7. The van der Waals surface area contributed by atoms with Gasteiger partial charge in [-0.05, 0) is 89.9 Å². The number of hydrogen-bond acceptors (Lipinski definition) is 8. The molecule has 0 spiro atoms. The van der Waals surface area contributed by atoms with Crippen LogP contribution in [-0.4, -0.2) is 87.5 Å². The lowest BCUT2D eigenvalue weighted by atomic mass is 9.99. The van der Waals surface area contributed by atoms with Gasteiger partial charge in [-0.1, -0.05) is 239 Å². The highest BCUT2D eigenvalue weighted by Crippen LogP contribution is 2.23. The van der Waals surface area contributed by atoms with Crippen LogP contribution in [0.15, 0.2) is 109 Å². The summed E-state index contributed by atoms with van der Waals surface area (Å²) in [6.07, 6.45) is 68.6. The summed E-state index contributed by atoms with van der Waals surface area (Å²) in [7, 11) is 0. The lowest BCUT2D eigenvalue weighted by Crippen LogP contribution is -2.60. The van der Waals surface area contributed by atoms with Crippen molar-refractivity contribution in [1.29, 1.82) is 0 Å². The molecule has 1 rings (SSSR count). The van der Waals surface area contributed by atoms with E-state index in [1.165, 1.54) is 109 Å². The minimum Gasteiger partial charge on any atom is -0.394 e. The fraction of sp³-hybridized carbons (Fsp3) is 0.698. The summed E-state index contributed by atoms with van der Waals surface area (Å²) in [6, 6.07) is -0.833. The van der Waals surface area contributed by atoms with E-state index in [1.54, 1.807) is 6.08 Å². The molecule has 7 unspecified atom stereocenters. The number of aliphatic hydroxyl groups is 5. The third kappa shape index (κ3) is 40.3. The molecule has 412 valence electrons. The van der Waals surface area contributed by atoms with Gasteiger partial charge in [0.05, 0.1) is 25.4 Å². The van der Waals surface area contributed by atoms with Gasteiger partial charge in [-0.25, -0.2) is 0 Å². The van der Waals surface area contributed by atoms with Crippen molar-refractivity contribution in [3.05, 3.63) is 109 Å². The summed E-state index contributed by atoms with van der Waals surface area (Å²) >= 11 is 0. The lowest BCUT2D eigenvalue weighted by molar-refractivity contribution is -0.302. The number of allylic oxidation sites excluding steroid dienone is 17. The molecule has 1 amide bonds. The maximum atomic E-state index is 13.1. The summed E-state index contributed by atoms with van der Waals surface area (Å²) in [4.78, 5) is 13.1. The number of amides is 1. The van der Waals surface area contributed by atoms with Crippen molar-refractivity contribution < 1.29 is 39.8 Å². The van der Waals surface area contributed by atoms with Gasteiger partial charge in [-0.15, -0.1) is 0 Å². The van der Waals surface area contributed by atoms with Crippen molar-refractivity contribution in [2.45, 2.75) is 269 Å². The van der Waals surface area contributed by atoms with E-state index in [2.05, 4.69) is 116 Å². The van der Waals surface area contributed by atoms with Crippen molar-refractivity contribution in [3.63, 3.8) is 0 Å². The van der Waals surface area contributed by atoms with Crippen molar-refractivity contribution >= 4 is 5.91 Å². The molecule has 1 aliphatic heterocycles. The first-order chi connectivity index (χ1) is 35.3. The van der Waals surface area contributed by atoms with E-state index in [9.17, 15) is 30.3 Å².